The Morgan fingerprint density at radius 2 is 1.70 bits per heavy atom. The maximum absolute atomic E-state index is 9.61. The molecule has 1 aliphatic rings. The summed E-state index contributed by atoms with van der Waals surface area (Å²) in [6, 6.07) is 7.07. The van der Waals surface area contributed by atoms with E-state index in [0.717, 1.165) is 25.9 Å². The third kappa shape index (κ3) is 3.04. The van der Waals surface area contributed by atoms with E-state index in [4.69, 9.17) is 0 Å². The first-order valence-electron chi connectivity index (χ1n) is 7.69. The Balaban J connectivity index is 2.13. The van der Waals surface area contributed by atoms with E-state index in [1.54, 1.807) is 0 Å². The van der Waals surface area contributed by atoms with E-state index in [-0.39, 0.29) is 5.54 Å². The van der Waals surface area contributed by atoms with Crippen molar-refractivity contribution >= 4 is 0 Å². The maximum Gasteiger partial charge on any atom is 0.106 e. The molecule has 1 heterocycles. The third-order valence-corrected chi connectivity index (χ3v) is 4.75. The number of hydrogen-bond acceptors (Lipinski definition) is 2. The van der Waals surface area contributed by atoms with Gasteiger partial charge >= 0.3 is 0 Å². The van der Waals surface area contributed by atoms with Crippen molar-refractivity contribution in [2.24, 2.45) is 0 Å². The van der Waals surface area contributed by atoms with E-state index in [9.17, 15) is 5.26 Å². The summed E-state index contributed by atoms with van der Waals surface area (Å²) in [5.41, 5.74) is 5.18. The van der Waals surface area contributed by atoms with Crippen molar-refractivity contribution in [1.82, 2.24) is 4.90 Å². The first-order valence-corrected chi connectivity index (χ1v) is 7.69. The normalized spacial score (nSPS) is 18.8. The second kappa shape index (κ2) is 5.97. The molecule has 0 spiro atoms. The quantitative estimate of drug-likeness (QED) is 0.829. The van der Waals surface area contributed by atoms with Gasteiger partial charge in [-0.15, -0.1) is 0 Å². The van der Waals surface area contributed by atoms with Gasteiger partial charge in [-0.3, -0.25) is 4.90 Å². The average Bonchev–Trinajstić information content (AvgIpc) is 2.91. The summed E-state index contributed by atoms with van der Waals surface area (Å²) >= 11 is 0. The van der Waals surface area contributed by atoms with Crippen molar-refractivity contribution in [2.75, 3.05) is 13.1 Å². The van der Waals surface area contributed by atoms with E-state index in [0.29, 0.717) is 0 Å². The van der Waals surface area contributed by atoms with Crippen LogP contribution < -0.4 is 0 Å². The molecule has 0 bridgehead atoms. The summed E-state index contributed by atoms with van der Waals surface area (Å²) in [7, 11) is 0. The lowest BCUT2D eigenvalue weighted by molar-refractivity contribution is 0.181. The maximum atomic E-state index is 9.61. The number of benzene rings is 1. The highest BCUT2D eigenvalue weighted by Crippen LogP contribution is 2.27. The highest BCUT2D eigenvalue weighted by Gasteiger charge is 2.33. The molecule has 0 amide bonds. The predicted molar refractivity (Wildman–Crippen MR) is 83.8 cm³/mol. The van der Waals surface area contributed by atoms with Crippen LogP contribution in [-0.2, 0) is 6.42 Å². The van der Waals surface area contributed by atoms with Crippen molar-refractivity contribution in [3.63, 3.8) is 0 Å². The molecule has 1 unspecified atom stereocenters. The molecule has 1 atom stereocenters. The van der Waals surface area contributed by atoms with E-state index in [1.165, 1.54) is 35.1 Å². The molecule has 1 aromatic rings. The van der Waals surface area contributed by atoms with Crippen LogP contribution in [0.2, 0.25) is 0 Å². The highest BCUT2D eigenvalue weighted by atomic mass is 15.2. The molecule has 2 rings (SSSR count). The van der Waals surface area contributed by atoms with Crippen LogP contribution in [0, 0.1) is 32.1 Å². The Hall–Kier alpha value is -1.33. The fourth-order valence-corrected chi connectivity index (χ4v) is 3.47. The highest BCUT2D eigenvalue weighted by molar-refractivity contribution is 5.37. The first-order chi connectivity index (χ1) is 9.46. The number of aryl methyl sites for hydroxylation is 3. The number of nitrogens with zero attached hydrogens (tertiary/aromatic N) is 2. The molecule has 0 saturated carbocycles. The topological polar surface area (TPSA) is 27.0 Å². The van der Waals surface area contributed by atoms with Gasteiger partial charge in [0.25, 0.3) is 0 Å². The average molecular weight is 270 g/mol. The molecule has 20 heavy (non-hydrogen) atoms. The number of nitriles is 1. The summed E-state index contributed by atoms with van der Waals surface area (Å²) in [6.07, 6.45) is 4.40. The molecular weight excluding hydrogens is 244 g/mol. The van der Waals surface area contributed by atoms with Gasteiger partial charge in [-0.05, 0) is 83.2 Å². The first kappa shape index (κ1) is 15.1. The van der Waals surface area contributed by atoms with Gasteiger partial charge < -0.3 is 0 Å². The largest absolute Gasteiger partial charge is 0.286 e. The van der Waals surface area contributed by atoms with Crippen LogP contribution in [0.1, 0.15) is 48.4 Å². The molecule has 1 aliphatic heterocycles. The van der Waals surface area contributed by atoms with Crippen molar-refractivity contribution in [2.45, 2.75) is 58.9 Å². The van der Waals surface area contributed by atoms with Gasteiger partial charge in [-0.25, -0.2) is 0 Å². The van der Waals surface area contributed by atoms with Gasteiger partial charge in [0.05, 0.1) is 6.07 Å². The van der Waals surface area contributed by atoms with Gasteiger partial charge in [0.2, 0.25) is 0 Å². The second-order valence-corrected chi connectivity index (χ2v) is 6.46. The third-order valence-electron chi connectivity index (χ3n) is 4.75. The van der Waals surface area contributed by atoms with Crippen LogP contribution >= 0.6 is 0 Å². The van der Waals surface area contributed by atoms with Gasteiger partial charge in [-0.1, -0.05) is 17.7 Å². The molecule has 0 N–H and O–H groups in total. The van der Waals surface area contributed by atoms with Crippen LogP contribution in [0.5, 0.6) is 0 Å². The molecule has 1 aromatic carbocycles. The lowest BCUT2D eigenvalue weighted by Gasteiger charge is -2.32. The Bertz CT molecular complexity index is 498. The zero-order valence-corrected chi connectivity index (χ0v) is 13.3. The Labute approximate surface area is 123 Å². The van der Waals surface area contributed by atoms with E-state index >= 15 is 0 Å². The van der Waals surface area contributed by atoms with Crippen molar-refractivity contribution in [1.29, 1.82) is 5.26 Å². The zero-order valence-electron chi connectivity index (χ0n) is 13.3. The SMILES string of the molecule is Cc1cc(C)c(CCC(C)(C#N)N2CCCC2)c(C)c1. The zero-order chi connectivity index (χ0) is 14.8. The van der Waals surface area contributed by atoms with Crippen molar-refractivity contribution < 1.29 is 0 Å². The summed E-state index contributed by atoms with van der Waals surface area (Å²) in [4.78, 5) is 2.37. The summed E-state index contributed by atoms with van der Waals surface area (Å²) in [6.45, 7) is 10.8. The summed E-state index contributed by atoms with van der Waals surface area (Å²) in [5, 5.41) is 9.61. The molecule has 0 radical (unpaired) electrons. The van der Waals surface area contributed by atoms with E-state index < -0.39 is 0 Å². The van der Waals surface area contributed by atoms with Gasteiger partial charge in [0.1, 0.15) is 5.54 Å². The van der Waals surface area contributed by atoms with Crippen LogP contribution in [-0.4, -0.2) is 23.5 Å². The molecule has 1 saturated heterocycles. The smallest absolute Gasteiger partial charge is 0.106 e. The molecule has 2 nitrogen and oxygen atoms in total. The predicted octanol–water partition coefficient (Wildman–Crippen LogP) is 3.92. The van der Waals surface area contributed by atoms with Crippen LogP contribution in [0.3, 0.4) is 0 Å². The van der Waals surface area contributed by atoms with Crippen molar-refractivity contribution in [3.05, 3.63) is 34.4 Å². The number of hydrogen-bond donors (Lipinski definition) is 0. The van der Waals surface area contributed by atoms with Crippen LogP contribution in [0.4, 0.5) is 0 Å². The molecule has 1 fully saturated rings. The fraction of sp³-hybridized carbons (Fsp3) is 0.611. The standard InChI is InChI=1S/C18H26N2/c1-14-11-15(2)17(16(3)12-14)7-8-18(4,13-19)20-9-5-6-10-20/h11-12H,5-10H2,1-4H3. The van der Waals surface area contributed by atoms with E-state index in [2.05, 4.69) is 50.8 Å². The lowest BCUT2D eigenvalue weighted by Crippen LogP contribution is -2.43. The second-order valence-electron chi connectivity index (χ2n) is 6.46. The molecule has 108 valence electrons. The molecule has 0 aliphatic carbocycles. The number of likely N-dealkylation sites (tertiary alicyclic amines) is 1. The summed E-state index contributed by atoms with van der Waals surface area (Å²) in [5.74, 6) is 0. The van der Waals surface area contributed by atoms with E-state index in [1.807, 2.05) is 0 Å². The Morgan fingerprint density at radius 3 is 2.20 bits per heavy atom. The monoisotopic (exact) mass is 270 g/mol. The lowest BCUT2D eigenvalue weighted by atomic mass is 9.89. The van der Waals surface area contributed by atoms with Crippen molar-refractivity contribution in [3.8, 4) is 6.07 Å². The van der Waals surface area contributed by atoms with Crippen LogP contribution in [0.15, 0.2) is 12.1 Å². The Morgan fingerprint density at radius 1 is 1.15 bits per heavy atom. The fourth-order valence-electron chi connectivity index (χ4n) is 3.47. The van der Waals surface area contributed by atoms with Gasteiger partial charge in [-0.2, -0.15) is 5.26 Å². The minimum Gasteiger partial charge on any atom is -0.286 e. The molecule has 0 aromatic heterocycles. The van der Waals surface area contributed by atoms with Gasteiger partial charge in [0, 0.05) is 0 Å². The number of rotatable bonds is 4. The minimum atomic E-state index is -0.305. The van der Waals surface area contributed by atoms with Gasteiger partial charge in [0.15, 0.2) is 0 Å². The molecular formula is C18H26N2. The van der Waals surface area contributed by atoms with Crippen LogP contribution in [0.25, 0.3) is 0 Å². The molecule has 2 heteroatoms. The summed E-state index contributed by atoms with van der Waals surface area (Å²) < 4.78 is 0. The Kier molecular flexibility index (Phi) is 4.50. The minimum absolute atomic E-state index is 0.305.